The smallest absolute Gasteiger partial charge is 0.116 e. The number of allylic oxidation sites excluding steroid dienone is 4. The molecule has 0 bridgehead atoms. The molecule has 0 aliphatic heterocycles. The lowest BCUT2D eigenvalue weighted by atomic mass is 10.1. The summed E-state index contributed by atoms with van der Waals surface area (Å²) in [6.45, 7) is 6.89. The van der Waals surface area contributed by atoms with E-state index in [-0.39, 0.29) is 0 Å². The zero-order valence-electron chi connectivity index (χ0n) is 8.20. The number of rotatable bonds is 3. The van der Waals surface area contributed by atoms with Gasteiger partial charge in [0.1, 0.15) is 5.83 Å². The molecule has 0 aliphatic carbocycles. The third-order valence-electron chi connectivity index (χ3n) is 1.85. The average molecular weight is 199 g/mol. The summed E-state index contributed by atoms with van der Waals surface area (Å²) in [5, 5.41) is 8.60. The SMILES string of the molecule is C=C(F)/C=C\C(=C)c1ccc(C#N)cc1. The summed E-state index contributed by atoms with van der Waals surface area (Å²) in [5.41, 5.74) is 2.12. The summed E-state index contributed by atoms with van der Waals surface area (Å²) < 4.78 is 12.3. The van der Waals surface area contributed by atoms with Gasteiger partial charge in [0.25, 0.3) is 0 Å². The highest BCUT2D eigenvalue weighted by Crippen LogP contribution is 2.15. The molecule has 0 spiro atoms. The van der Waals surface area contributed by atoms with Crippen LogP contribution in [-0.2, 0) is 0 Å². The van der Waals surface area contributed by atoms with Gasteiger partial charge in [-0.3, -0.25) is 0 Å². The Bertz CT molecular complexity index is 446. The quantitative estimate of drug-likeness (QED) is 0.682. The van der Waals surface area contributed by atoms with Gasteiger partial charge in [-0.1, -0.05) is 31.4 Å². The molecule has 0 fully saturated rings. The fourth-order valence-electron chi connectivity index (χ4n) is 1.05. The zero-order chi connectivity index (χ0) is 11.3. The van der Waals surface area contributed by atoms with Crippen LogP contribution in [0.5, 0.6) is 0 Å². The van der Waals surface area contributed by atoms with Crippen molar-refractivity contribution in [2.45, 2.75) is 0 Å². The van der Waals surface area contributed by atoms with Crippen molar-refractivity contribution in [2.24, 2.45) is 0 Å². The van der Waals surface area contributed by atoms with E-state index >= 15 is 0 Å². The molecule has 0 radical (unpaired) electrons. The summed E-state index contributed by atoms with van der Waals surface area (Å²) in [7, 11) is 0. The summed E-state index contributed by atoms with van der Waals surface area (Å²) in [6, 6.07) is 8.95. The summed E-state index contributed by atoms with van der Waals surface area (Å²) in [5.74, 6) is -0.509. The Morgan fingerprint density at radius 3 is 2.27 bits per heavy atom. The fourth-order valence-corrected chi connectivity index (χ4v) is 1.05. The molecule has 0 aromatic heterocycles. The number of nitrogens with zero attached hydrogens (tertiary/aromatic N) is 1. The van der Waals surface area contributed by atoms with Crippen LogP contribution in [0, 0.1) is 11.3 Å². The van der Waals surface area contributed by atoms with Crippen molar-refractivity contribution < 1.29 is 4.39 Å². The maximum atomic E-state index is 12.3. The molecule has 1 aromatic carbocycles. The highest BCUT2D eigenvalue weighted by Gasteiger charge is 1.95. The summed E-state index contributed by atoms with van der Waals surface area (Å²) >= 11 is 0. The van der Waals surface area contributed by atoms with Crippen LogP contribution in [0.2, 0.25) is 0 Å². The monoisotopic (exact) mass is 199 g/mol. The first kappa shape index (κ1) is 10.9. The Kier molecular flexibility index (Phi) is 3.59. The maximum absolute atomic E-state index is 12.3. The van der Waals surface area contributed by atoms with Gasteiger partial charge in [0, 0.05) is 0 Å². The average Bonchev–Trinajstić information content (AvgIpc) is 2.26. The number of halogens is 1. The highest BCUT2D eigenvalue weighted by molar-refractivity contribution is 5.72. The van der Waals surface area contributed by atoms with E-state index in [0.29, 0.717) is 11.1 Å². The van der Waals surface area contributed by atoms with Crippen molar-refractivity contribution in [1.82, 2.24) is 0 Å². The number of hydrogen-bond donors (Lipinski definition) is 0. The van der Waals surface area contributed by atoms with Crippen molar-refractivity contribution in [3.8, 4) is 6.07 Å². The molecule has 0 unspecified atom stereocenters. The largest absolute Gasteiger partial charge is 0.208 e. The van der Waals surface area contributed by atoms with Crippen molar-refractivity contribution in [3.63, 3.8) is 0 Å². The molecular formula is C13H10FN. The van der Waals surface area contributed by atoms with Crippen molar-refractivity contribution in [3.05, 3.63) is 66.5 Å². The van der Waals surface area contributed by atoms with Crippen LogP contribution >= 0.6 is 0 Å². The molecule has 0 heterocycles. The second kappa shape index (κ2) is 4.92. The fraction of sp³-hybridized carbons (Fsp3) is 0. The van der Waals surface area contributed by atoms with E-state index in [4.69, 9.17) is 5.26 Å². The van der Waals surface area contributed by atoms with Gasteiger partial charge in [0.05, 0.1) is 11.6 Å². The Hall–Kier alpha value is -2.14. The molecule has 1 rings (SSSR count). The molecular weight excluding hydrogens is 189 g/mol. The van der Waals surface area contributed by atoms with E-state index in [0.717, 1.165) is 5.56 Å². The molecule has 15 heavy (non-hydrogen) atoms. The standard InChI is InChI=1S/C13H10FN/c1-10(3-4-11(2)14)13-7-5-12(9-15)6-8-13/h3-8H,1-2H2/b4-3-. The third kappa shape index (κ3) is 3.24. The molecule has 1 aromatic rings. The minimum absolute atomic E-state index is 0.509. The van der Waals surface area contributed by atoms with Gasteiger partial charge in [-0.15, -0.1) is 0 Å². The number of benzene rings is 1. The van der Waals surface area contributed by atoms with Crippen molar-refractivity contribution in [1.29, 1.82) is 5.26 Å². The van der Waals surface area contributed by atoms with Gasteiger partial charge in [-0.25, -0.2) is 4.39 Å². The first-order valence-corrected chi connectivity index (χ1v) is 4.35. The summed E-state index contributed by atoms with van der Waals surface area (Å²) in [4.78, 5) is 0. The summed E-state index contributed by atoms with van der Waals surface area (Å²) in [6.07, 6.45) is 2.80. The van der Waals surface area contributed by atoms with E-state index < -0.39 is 5.83 Å². The molecule has 0 atom stereocenters. The first-order chi connectivity index (χ1) is 7.13. The van der Waals surface area contributed by atoms with Crippen molar-refractivity contribution >= 4 is 5.57 Å². The van der Waals surface area contributed by atoms with Gasteiger partial charge in [0.15, 0.2) is 0 Å². The molecule has 2 heteroatoms. The second-order valence-electron chi connectivity index (χ2n) is 2.99. The van der Waals surface area contributed by atoms with Crippen LogP contribution in [-0.4, -0.2) is 0 Å². The molecule has 74 valence electrons. The number of nitriles is 1. The lowest BCUT2D eigenvalue weighted by Gasteiger charge is -1.99. The molecule has 0 amide bonds. The van der Waals surface area contributed by atoms with Gasteiger partial charge in [-0.05, 0) is 29.3 Å². The lowest BCUT2D eigenvalue weighted by Crippen LogP contribution is -1.80. The van der Waals surface area contributed by atoms with Crippen LogP contribution < -0.4 is 0 Å². The lowest BCUT2D eigenvalue weighted by molar-refractivity contribution is 0.671. The van der Waals surface area contributed by atoms with Crippen molar-refractivity contribution in [2.75, 3.05) is 0 Å². The maximum Gasteiger partial charge on any atom is 0.116 e. The normalized spacial score (nSPS) is 9.87. The van der Waals surface area contributed by atoms with Crippen LogP contribution in [0.1, 0.15) is 11.1 Å². The van der Waals surface area contributed by atoms with Crippen LogP contribution in [0.3, 0.4) is 0 Å². The Labute approximate surface area is 88.5 Å². The molecule has 0 saturated heterocycles. The first-order valence-electron chi connectivity index (χ1n) is 4.35. The van der Waals surface area contributed by atoms with Crippen LogP contribution in [0.15, 0.2) is 55.4 Å². The predicted octanol–water partition coefficient (Wildman–Crippen LogP) is 3.61. The minimum Gasteiger partial charge on any atom is -0.208 e. The van der Waals surface area contributed by atoms with Gasteiger partial charge < -0.3 is 0 Å². The minimum atomic E-state index is -0.509. The number of hydrogen-bond acceptors (Lipinski definition) is 1. The molecule has 0 saturated carbocycles. The predicted molar refractivity (Wildman–Crippen MR) is 59.6 cm³/mol. The van der Waals surface area contributed by atoms with Crippen LogP contribution in [0.25, 0.3) is 5.57 Å². The Balaban J connectivity index is 2.84. The molecule has 1 nitrogen and oxygen atoms in total. The second-order valence-corrected chi connectivity index (χ2v) is 2.99. The van der Waals surface area contributed by atoms with Gasteiger partial charge >= 0.3 is 0 Å². The third-order valence-corrected chi connectivity index (χ3v) is 1.85. The topological polar surface area (TPSA) is 23.8 Å². The molecule has 0 aliphatic rings. The highest BCUT2D eigenvalue weighted by atomic mass is 19.1. The Morgan fingerprint density at radius 1 is 1.20 bits per heavy atom. The van der Waals surface area contributed by atoms with Gasteiger partial charge in [-0.2, -0.15) is 5.26 Å². The van der Waals surface area contributed by atoms with E-state index in [1.54, 1.807) is 30.3 Å². The molecule has 0 N–H and O–H groups in total. The Morgan fingerprint density at radius 2 is 1.80 bits per heavy atom. The zero-order valence-corrected chi connectivity index (χ0v) is 8.20. The van der Waals surface area contributed by atoms with E-state index in [1.807, 2.05) is 6.07 Å². The van der Waals surface area contributed by atoms with E-state index in [9.17, 15) is 4.39 Å². The van der Waals surface area contributed by atoms with Gasteiger partial charge in [0.2, 0.25) is 0 Å². The van der Waals surface area contributed by atoms with Crippen LogP contribution in [0.4, 0.5) is 4.39 Å². The van der Waals surface area contributed by atoms with E-state index in [1.165, 1.54) is 6.08 Å². The van der Waals surface area contributed by atoms with E-state index in [2.05, 4.69) is 13.2 Å².